The van der Waals surface area contributed by atoms with Gasteiger partial charge in [-0.2, -0.15) is 5.01 Å². The Hall–Kier alpha value is 0.0900. The number of hydrazine groups is 1. The first-order chi connectivity index (χ1) is 6.04. The Balaban J connectivity index is 4.10. The van der Waals surface area contributed by atoms with Crippen molar-refractivity contribution in [1.29, 1.82) is 0 Å². The zero-order chi connectivity index (χ0) is 10.4. The van der Waals surface area contributed by atoms with Crippen LogP contribution >= 0.6 is 11.6 Å². The van der Waals surface area contributed by atoms with Crippen molar-refractivity contribution in [2.45, 2.75) is 19.9 Å². The summed E-state index contributed by atoms with van der Waals surface area (Å²) in [5.41, 5.74) is 0. The quantitative estimate of drug-likeness (QED) is 0.501. The minimum atomic E-state index is -0.201. The Morgan fingerprint density at radius 1 is 1.46 bits per heavy atom. The number of hydrogen-bond donors (Lipinski definition) is 2. The van der Waals surface area contributed by atoms with Crippen molar-refractivity contribution in [1.82, 2.24) is 10.3 Å². The standard InChI is InChI=1S/C7H17ClN2O3/c1-6(2)7(4-11)9(3)10(12)13-5-8/h6-7,11-12H,4-5H2,1-3H3. The van der Waals surface area contributed by atoms with E-state index in [9.17, 15) is 5.21 Å². The van der Waals surface area contributed by atoms with Gasteiger partial charge < -0.3 is 5.11 Å². The number of likely N-dealkylation sites (N-methyl/N-ethyl adjacent to an activating group) is 1. The van der Waals surface area contributed by atoms with Crippen LogP contribution < -0.4 is 0 Å². The zero-order valence-electron chi connectivity index (χ0n) is 8.14. The molecule has 0 bridgehead atoms. The first-order valence-electron chi connectivity index (χ1n) is 4.06. The maximum Gasteiger partial charge on any atom is 0.146 e. The fourth-order valence-electron chi connectivity index (χ4n) is 1.02. The van der Waals surface area contributed by atoms with Gasteiger partial charge in [0.15, 0.2) is 0 Å². The van der Waals surface area contributed by atoms with Crippen LogP contribution in [0, 0.1) is 5.92 Å². The number of aliphatic hydroxyl groups is 1. The summed E-state index contributed by atoms with van der Waals surface area (Å²) in [4.78, 5) is 4.61. The molecule has 0 heterocycles. The Labute approximate surface area is 83.3 Å². The number of alkyl halides is 1. The highest BCUT2D eigenvalue weighted by Gasteiger charge is 2.22. The third-order valence-electron chi connectivity index (χ3n) is 1.87. The summed E-state index contributed by atoms with van der Waals surface area (Å²) in [5.74, 6) is 0.198. The number of rotatable bonds is 6. The van der Waals surface area contributed by atoms with Crippen LogP contribution in [0.1, 0.15) is 13.8 Å². The molecule has 0 radical (unpaired) electrons. The minimum absolute atomic E-state index is 0.0587. The Morgan fingerprint density at radius 2 is 2.00 bits per heavy atom. The third-order valence-corrected chi connectivity index (χ3v) is 1.97. The third kappa shape index (κ3) is 4.21. The highest BCUT2D eigenvalue weighted by atomic mass is 35.5. The van der Waals surface area contributed by atoms with E-state index >= 15 is 0 Å². The van der Waals surface area contributed by atoms with Crippen LogP contribution in [0.4, 0.5) is 0 Å². The molecule has 0 saturated carbocycles. The van der Waals surface area contributed by atoms with E-state index in [0.717, 1.165) is 0 Å². The van der Waals surface area contributed by atoms with Gasteiger partial charge in [-0.25, -0.2) is 4.84 Å². The molecule has 0 aromatic carbocycles. The van der Waals surface area contributed by atoms with Crippen LogP contribution in [0.5, 0.6) is 0 Å². The largest absolute Gasteiger partial charge is 0.395 e. The van der Waals surface area contributed by atoms with Crippen molar-refractivity contribution in [2.75, 3.05) is 19.7 Å². The minimum Gasteiger partial charge on any atom is -0.395 e. The van der Waals surface area contributed by atoms with E-state index < -0.39 is 0 Å². The van der Waals surface area contributed by atoms with Crippen LogP contribution in [-0.2, 0) is 4.84 Å². The number of hydrogen-bond acceptors (Lipinski definition) is 5. The average Bonchev–Trinajstić information content (AvgIpc) is 2.05. The first-order valence-corrected chi connectivity index (χ1v) is 4.59. The maximum atomic E-state index is 9.21. The van der Waals surface area contributed by atoms with Gasteiger partial charge >= 0.3 is 0 Å². The fourth-order valence-corrected chi connectivity index (χ4v) is 1.11. The second-order valence-electron chi connectivity index (χ2n) is 3.06. The van der Waals surface area contributed by atoms with Crippen LogP contribution in [-0.4, -0.2) is 46.4 Å². The second-order valence-corrected chi connectivity index (χ2v) is 3.28. The van der Waals surface area contributed by atoms with Gasteiger partial charge in [-0.1, -0.05) is 25.4 Å². The summed E-state index contributed by atoms with van der Waals surface area (Å²) >= 11 is 5.25. The molecule has 2 N–H and O–H groups in total. The molecule has 13 heavy (non-hydrogen) atoms. The first kappa shape index (κ1) is 13.1. The van der Waals surface area contributed by atoms with E-state index in [2.05, 4.69) is 4.84 Å². The van der Waals surface area contributed by atoms with E-state index in [1.807, 2.05) is 13.8 Å². The topological polar surface area (TPSA) is 56.2 Å². The van der Waals surface area contributed by atoms with Crippen molar-refractivity contribution in [3.05, 3.63) is 0 Å². The summed E-state index contributed by atoms with van der Waals surface area (Å²) in [6.45, 7) is 3.81. The molecule has 0 fully saturated rings. The Morgan fingerprint density at radius 3 is 2.31 bits per heavy atom. The number of halogens is 1. The van der Waals surface area contributed by atoms with E-state index in [1.165, 1.54) is 5.01 Å². The van der Waals surface area contributed by atoms with Crippen molar-refractivity contribution in [3.8, 4) is 0 Å². The molecule has 1 unspecified atom stereocenters. The van der Waals surface area contributed by atoms with Crippen LogP contribution in [0.2, 0.25) is 0 Å². The van der Waals surface area contributed by atoms with Gasteiger partial charge in [0.1, 0.15) is 6.07 Å². The molecule has 5 nitrogen and oxygen atoms in total. The van der Waals surface area contributed by atoms with Gasteiger partial charge in [0, 0.05) is 12.4 Å². The molecule has 0 aliphatic carbocycles. The molecule has 0 amide bonds. The van der Waals surface area contributed by atoms with Crippen LogP contribution in [0.15, 0.2) is 0 Å². The molecule has 80 valence electrons. The van der Waals surface area contributed by atoms with Gasteiger partial charge in [-0.3, -0.25) is 5.21 Å². The molecule has 0 spiro atoms. The van der Waals surface area contributed by atoms with E-state index in [4.69, 9.17) is 16.7 Å². The lowest BCUT2D eigenvalue weighted by Crippen LogP contribution is -2.48. The molecular formula is C7H17ClN2O3. The molecule has 6 heteroatoms. The van der Waals surface area contributed by atoms with E-state index in [-0.39, 0.29) is 24.6 Å². The molecule has 0 aliphatic rings. The van der Waals surface area contributed by atoms with Crippen molar-refractivity contribution < 1.29 is 15.2 Å². The summed E-state index contributed by atoms with van der Waals surface area (Å²) in [5, 5.41) is 20.1. The predicted molar refractivity (Wildman–Crippen MR) is 48.9 cm³/mol. The normalized spacial score (nSPS) is 14.5. The summed E-state index contributed by atoms with van der Waals surface area (Å²) in [6.07, 6.45) is 0. The molecule has 0 aromatic rings. The smallest absolute Gasteiger partial charge is 0.146 e. The van der Waals surface area contributed by atoms with Crippen molar-refractivity contribution >= 4 is 11.6 Å². The summed E-state index contributed by atoms with van der Waals surface area (Å²) < 4.78 is 0. The summed E-state index contributed by atoms with van der Waals surface area (Å²) in [6, 6.07) is -0.343. The van der Waals surface area contributed by atoms with Gasteiger partial charge in [-0.05, 0) is 5.92 Å². The van der Waals surface area contributed by atoms with E-state index in [1.54, 1.807) is 7.05 Å². The maximum absolute atomic E-state index is 9.21. The lowest BCUT2D eigenvalue weighted by Gasteiger charge is -2.32. The van der Waals surface area contributed by atoms with Gasteiger partial charge in [-0.15, -0.1) is 0 Å². The Kier molecular flexibility index (Phi) is 6.58. The summed E-state index contributed by atoms with van der Waals surface area (Å²) in [7, 11) is 1.60. The molecule has 0 aromatic heterocycles. The lowest BCUT2D eigenvalue weighted by atomic mass is 10.1. The number of aliphatic hydroxyl groups excluding tert-OH is 1. The molecule has 0 saturated heterocycles. The SMILES string of the molecule is CC(C)C(CO)N(C)N(O)OCCl. The molecule has 0 rings (SSSR count). The predicted octanol–water partition coefficient (Wildman–Crippen LogP) is 0.669. The monoisotopic (exact) mass is 212 g/mol. The number of nitrogens with zero attached hydrogens (tertiary/aromatic N) is 2. The second kappa shape index (κ2) is 6.53. The van der Waals surface area contributed by atoms with Crippen LogP contribution in [0.3, 0.4) is 0 Å². The Bertz CT molecular complexity index is 137. The van der Waals surface area contributed by atoms with Gasteiger partial charge in [0.05, 0.1) is 12.6 Å². The highest BCUT2D eigenvalue weighted by Crippen LogP contribution is 2.10. The molecular weight excluding hydrogens is 196 g/mol. The molecule has 0 aliphatic heterocycles. The average molecular weight is 213 g/mol. The van der Waals surface area contributed by atoms with Crippen LogP contribution in [0.25, 0.3) is 0 Å². The zero-order valence-corrected chi connectivity index (χ0v) is 8.90. The highest BCUT2D eigenvalue weighted by molar-refractivity contribution is 6.17. The van der Waals surface area contributed by atoms with Crippen molar-refractivity contribution in [3.63, 3.8) is 0 Å². The lowest BCUT2D eigenvalue weighted by molar-refractivity contribution is -0.440. The fraction of sp³-hybridized carbons (Fsp3) is 1.00. The van der Waals surface area contributed by atoms with Gasteiger partial charge in [0.25, 0.3) is 0 Å². The van der Waals surface area contributed by atoms with E-state index in [0.29, 0.717) is 5.34 Å². The van der Waals surface area contributed by atoms with Crippen molar-refractivity contribution in [2.24, 2.45) is 5.92 Å². The van der Waals surface area contributed by atoms with Gasteiger partial charge in [0.2, 0.25) is 0 Å². The molecule has 1 atom stereocenters.